The van der Waals surface area contributed by atoms with Crippen molar-refractivity contribution in [2.75, 3.05) is 11.9 Å². The predicted molar refractivity (Wildman–Crippen MR) is 126 cm³/mol. The lowest BCUT2D eigenvalue weighted by Crippen LogP contribution is -2.40. The molecule has 2 aliphatic heterocycles. The third-order valence-corrected chi connectivity index (χ3v) is 6.84. The molecule has 0 saturated carbocycles. The van der Waals surface area contributed by atoms with Gasteiger partial charge in [-0.15, -0.1) is 0 Å². The van der Waals surface area contributed by atoms with Gasteiger partial charge in [-0.1, -0.05) is 53.3 Å². The number of anilines is 1. The fourth-order valence-corrected chi connectivity index (χ4v) is 5.52. The number of carbonyl (C=O) groups is 2. The first-order valence-corrected chi connectivity index (χ1v) is 11.5. The number of fused-ring (bicyclic) bond motifs is 2. The highest BCUT2D eigenvalue weighted by Gasteiger charge is 2.35. The molecule has 0 aliphatic carbocycles. The van der Waals surface area contributed by atoms with E-state index in [0.717, 1.165) is 11.3 Å². The van der Waals surface area contributed by atoms with E-state index >= 15 is 0 Å². The van der Waals surface area contributed by atoms with E-state index in [1.165, 1.54) is 4.57 Å². The second kappa shape index (κ2) is 8.13. The highest BCUT2D eigenvalue weighted by atomic mass is 35.5. The number of para-hydroxylation sites is 1. The fourth-order valence-electron chi connectivity index (χ4n) is 4.18. The van der Waals surface area contributed by atoms with Crippen LogP contribution in [0.1, 0.15) is 31.0 Å². The first-order valence-electron chi connectivity index (χ1n) is 10.3. The van der Waals surface area contributed by atoms with Gasteiger partial charge in [0.15, 0.2) is 4.80 Å². The molecule has 1 atom stereocenters. The Morgan fingerprint density at radius 3 is 2.76 bits per heavy atom. The van der Waals surface area contributed by atoms with E-state index in [0.29, 0.717) is 37.9 Å². The number of nitrogens with zero attached hydrogens (tertiary/aromatic N) is 2. The molecule has 1 N–H and O–H groups in total. The number of thiazole rings is 1. The van der Waals surface area contributed by atoms with Gasteiger partial charge in [0.05, 0.1) is 29.5 Å². The number of aromatic nitrogens is 1. The molecule has 1 aromatic heterocycles. The molecule has 2 aliphatic rings. The highest BCUT2D eigenvalue weighted by Crippen LogP contribution is 2.33. The molecular formula is C24H18ClN3O4S. The summed E-state index contributed by atoms with van der Waals surface area (Å²) in [6.45, 7) is 3.61. The molecule has 7 nitrogen and oxygen atoms in total. The van der Waals surface area contributed by atoms with E-state index in [-0.39, 0.29) is 22.6 Å². The average molecular weight is 480 g/mol. The maximum atomic E-state index is 13.8. The summed E-state index contributed by atoms with van der Waals surface area (Å²) in [5.41, 5.74) is 2.57. The Balaban J connectivity index is 1.83. The molecule has 0 bridgehead atoms. The molecule has 1 unspecified atom stereocenters. The first kappa shape index (κ1) is 21.4. The number of allylic oxidation sites excluding steroid dienone is 1. The molecule has 0 spiro atoms. The van der Waals surface area contributed by atoms with Gasteiger partial charge in [0.25, 0.3) is 11.5 Å². The molecule has 3 aromatic rings. The van der Waals surface area contributed by atoms with Crippen LogP contribution in [0.2, 0.25) is 5.02 Å². The van der Waals surface area contributed by atoms with Crippen LogP contribution in [0, 0.1) is 0 Å². The Bertz CT molecular complexity index is 1550. The summed E-state index contributed by atoms with van der Waals surface area (Å²) >= 11 is 7.37. The molecule has 166 valence electrons. The van der Waals surface area contributed by atoms with Crippen LogP contribution in [0.5, 0.6) is 0 Å². The van der Waals surface area contributed by atoms with Gasteiger partial charge < -0.3 is 10.1 Å². The SMILES string of the molecule is CCOC(=O)C1=C(C)N=c2s/c(=C3\C(=O)Nc4ccccc43)c(=O)n2C1c1cccc(Cl)c1. The van der Waals surface area contributed by atoms with E-state index < -0.39 is 17.6 Å². The van der Waals surface area contributed by atoms with Gasteiger partial charge >= 0.3 is 5.97 Å². The summed E-state index contributed by atoms with van der Waals surface area (Å²) in [7, 11) is 0. The van der Waals surface area contributed by atoms with Crippen LogP contribution in [-0.2, 0) is 14.3 Å². The van der Waals surface area contributed by atoms with Gasteiger partial charge in [0, 0.05) is 16.3 Å². The molecule has 1 amide bonds. The predicted octanol–water partition coefficient (Wildman–Crippen LogP) is 2.77. The van der Waals surface area contributed by atoms with E-state index in [1.54, 1.807) is 50.2 Å². The van der Waals surface area contributed by atoms with Crippen molar-refractivity contribution in [2.24, 2.45) is 4.99 Å². The minimum Gasteiger partial charge on any atom is -0.463 e. The number of hydrogen-bond acceptors (Lipinski definition) is 6. The Morgan fingerprint density at radius 1 is 1.21 bits per heavy atom. The van der Waals surface area contributed by atoms with Crippen LogP contribution in [0.25, 0.3) is 5.57 Å². The van der Waals surface area contributed by atoms with E-state index in [1.807, 2.05) is 12.1 Å². The second-order valence-corrected chi connectivity index (χ2v) is 8.97. The van der Waals surface area contributed by atoms with Crippen LogP contribution in [0.3, 0.4) is 0 Å². The van der Waals surface area contributed by atoms with E-state index in [9.17, 15) is 14.4 Å². The number of esters is 1. The number of carbonyl (C=O) groups excluding carboxylic acids is 2. The van der Waals surface area contributed by atoms with Crippen molar-refractivity contribution in [3.63, 3.8) is 0 Å². The number of halogens is 1. The van der Waals surface area contributed by atoms with E-state index in [4.69, 9.17) is 16.3 Å². The van der Waals surface area contributed by atoms with Crippen molar-refractivity contribution < 1.29 is 14.3 Å². The molecular weight excluding hydrogens is 462 g/mol. The molecule has 9 heteroatoms. The van der Waals surface area contributed by atoms with Crippen LogP contribution in [0.4, 0.5) is 5.69 Å². The van der Waals surface area contributed by atoms with Gasteiger partial charge in [-0.25, -0.2) is 9.79 Å². The van der Waals surface area contributed by atoms with Crippen LogP contribution >= 0.6 is 22.9 Å². The second-order valence-electron chi connectivity index (χ2n) is 7.55. The lowest BCUT2D eigenvalue weighted by atomic mass is 9.96. The zero-order chi connectivity index (χ0) is 23.3. The normalized spacial score (nSPS) is 18.4. The number of rotatable bonds is 3. The number of amides is 1. The van der Waals surface area contributed by atoms with Gasteiger partial charge in [-0.05, 0) is 37.6 Å². The molecule has 0 radical (unpaired) electrons. The van der Waals surface area contributed by atoms with Crippen molar-refractivity contribution in [2.45, 2.75) is 19.9 Å². The van der Waals surface area contributed by atoms with Crippen LogP contribution in [-0.4, -0.2) is 23.1 Å². The first-order chi connectivity index (χ1) is 15.9. The number of nitrogens with one attached hydrogen (secondary N) is 1. The minimum atomic E-state index is -0.784. The summed E-state index contributed by atoms with van der Waals surface area (Å²) in [6, 6.07) is 13.4. The summed E-state index contributed by atoms with van der Waals surface area (Å²) in [5, 5.41) is 3.28. The number of ether oxygens (including phenoxy) is 1. The van der Waals surface area contributed by atoms with Gasteiger partial charge in [-0.2, -0.15) is 0 Å². The monoisotopic (exact) mass is 479 g/mol. The standard InChI is InChI=1S/C24H18ClN3O4S/c1-3-32-23(31)17-12(2)26-24-28(19(17)13-7-6-8-14(25)11-13)22(30)20(33-24)18-15-9-4-5-10-16(15)27-21(18)29/h4-11,19H,3H2,1-2H3,(H,27,29)/b20-18-. The minimum absolute atomic E-state index is 0.184. The maximum absolute atomic E-state index is 13.8. The third-order valence-electron chi connectivity index (χ3n) is 5.56. The van der Waals surface area contributed by atoms with Crippen LogP contribution < -0.4 is 20.2 Å². The topological polar surface area (TPSA) is 89.8 Å². The molecule has 0 fully saturated rings. The van der Waals surface area contributed by atoms with Gasteiger partial charge in [0.2, 0.25) is 0 Å². The van der Waals surface area contributed by atoms with Crippen molar-refractivity contribution in [1.29, 1.82) is 0 Å². The Kier molecular flexibility index (Phi) is 5.26. The van der Waals surface area contributed by atoms with Gasteiger partial charge in [-0.3, -0.25) is 14.2 Å². The summed E-state index contributed by atoms with van der Waals surface area (Å²) < 4.78 is 7.00. The molecule has 3 heterocycles. The lowest BCUT2D eigenvalue weighted by Gasteiger charge is -2.24. The molecule has 33 heavy (non-hydrogen) atoms. The molecule has 5 rings (SSSR count). The smallest absolute Gasteiger partial charge is 0.338 e. The summed E-state index contributed by atoms with van der Waals surface area (Å²) in [4.78, 5) is 44.4. The quantitative estimate of drug-likeness (QED) is 0.585. The van der Waals surface area contributed by atoms with Gasteiger partial charge in [0.1, 0.15) is 4.53 Å². The Labute approximate surface area is 197 Å². The largest absolute Gasteiger partial charge is 0.463 e. The Hall–Kier alpha value is -3.49. The van der Waals surface area contributed by atoms with Crippen molar-refractivity contribution in [1.82, 2.24) is 4.57 Å². The zero-order valence-electron chi connectivity index (χ0n) is 17.7. The summed E-state index contributed by atoms with van der Waals surface area (Å²) in [5.74, 6) is -0.896. The van der Waals surface area contributed by atoms with E-state index in [2.05, 4.69) is 10.3 Å². The van der Waals surface area contributed by atoms with Crippen LogP contribution in [0.15, 0.2) is 69.6 Å². The van der Waals surface area contributed by atoms with Crippen molar-refractivity contribution in [3.8, 4) is 0 Å². The third kappa shape index (κ3) is 3.42. The van der Waals surface area contributed by atoms with Crippen molar-refractivity contribution in [3.05, 3.63) is 95.6 Å². The number of benzene rings is 2. The highest BCUT2D eigenvalue weighted by molar-refractivity contribution is 7.07. The zero-order valence-corrected chi connectivity index (χ0v) is 19.3. The van der Waals surface area contributed by atoms with Crippen molar-refractivity contribution >= 4 is 46.1 Å². The molecule has 0 saturated heterocycles. The molecule has 2 aromatic carbocycles. The summed E-state index contributed by atoms with van der Waals surface area (Å²) in [6.07, 6.45) is 0. The Morgan fingerprint density at radius 2 is 2.00 bits per heavy atom. The fraction of sp³-hybridized carbons (Fsp3) is 0.167. The number of hydrogen-bond donors (Lipinski definition) is 1. The maximum Gasteiger partial charge on any atom is 0.338 e. The lowest BCUT2D eigenvalue weighted by molar-refractivity contribution is -0.139. The average Bonchev–Trinajstić information content (AvgIpc) is 3.28.